The normalized spacial score (nSPS) is 23.0. The Hall–Kier alpha value is -2.00. The van der Waals surface area contributed by atoms with Crippen LogP contribution >= 0.6 is 15.9 Å². The first-order valence-electron chi connectivity index (χ1n) is 8.77. The van der Waals surface area contributed by atoms with E-state index in [4.69, 9.17) is 4.74 Å². The molecule has 2 aliphatic heterocycles. The fourth-order valence-electron chi connectivity index (χ4n) is 4.51. The average Bonchev–Trinajstić information content (AvgIpc) is 2.61. The number of rotatable bonds is 0. The highest BCUT2D eigenvalue weighted by molar-refractivity contribution is 9.10. The minimum Gasteiger partial charge on any atom is -0.493 e. The molecule has 0 unspecified atom stereocenters. The first kappa shape index (κ1) is 15.3. The van der Waals surface area contributed by atoms with Gasteiger partial charge in [-0.3, -0.25) is 0 Å². The lowest BCUT2D eigenvalue weighted by atomic mass is 9.65. The van der Waals surface area contributed by atoms with Gasteiger partial charge in [0.25, 0.3) is 0 Å². The molecule has 3 heteroatoms. The Balaban J connectivity index is 1.76. The van der Waals surface area contributed by atoms with Crippen molar-refractivity contribution in [2.45, 2.75) is 25.3 Å². The van der Waals surface area contributed by atoms with Crippen molar-refractivity contribution in [3.8, 4) is 5.75 Å². The summed E-state index contributed by atoms with van der Waals surface area (Å²) in [5.41, 5.74) is 3.94. The van der Waals surface area contributed by atoms with Crippen molar-refractivity contribution in [3.05, 3.63) is 70.2 Å². The second-order valence-corrected chi connectivity index (χ2v) is 8.57. The quantitative estimate of drug-likeness (QED) is 0.501. The van der Waals surface area contributed by atoms with Crippen LogP contribution in [0.2, 0.25) is 0 Å². The van der Waals surface area contributed by atoms with Crippen molar-refractivity contribution < 1.29 is 4.74 Å². The topological polar surface area (TPSA) is 21.3 Å². The van der Waals surface area contributed by atoms with Crippen molar-refractivity contribution >= 4 is 32.4 Å². The second kappa shape index (κ2) is 5.25. The zero-order valence-corrected chi connectivity index (χ0v) is 15.9. The number of anilines is 1. The Morgan fingerprint density at radius 1 is 1.08 bits per heavy atom. The molecule has 126 valence electrons. The van der Waals surface area contributed by atoms with E-state index in [1.807, 2.05) is 0 Å². The lowest BCUT2D eigenvalue weighted by Crippen LogP contribution is -2.46. The highest BCUT2D eigenvalue weighted by atomic mass is 79.9. The van der Waals surface area contributed by atoms with Gasteiger partial charge in [-0.05, 0) is 29.1 Å². The van der Waals surface area contributed by atoms with Gasteiger partial charge in [0, 0.05) is 32.4 Å². The van der Waals surface area contributed by atoms with Crippen LogP contribution in [0.15, 0.2) is 59.1 Å². The summed E-state index contributed by atoms with van der Waals surface area (Å²) in [5, 5.41) is 6.46. The van der Waals surface area contributed by atoms with Gasteiger partial charge in [-0.2, -0.15) is 0 Å². The number of nitrogens with one attached hydrogen (secondary N) is 1. The third-order valence-electron chi connectivity index (χ3n) is 5.98. The third kappa shape index (κ3) is 2.15. The summed E-state index contributed by atoms with van der Waals surface area (Å²) in [6.07, 6.45) is 0. The van der Waals surface area contributed by atoms with Crippen molar-refractivity contribution in [1.29, 1.82) is 0 Å². The van der Waals surface area contributed by atoms with Gasteiger partial charge in [0.2, 0.25) is 0 Å². The van der Waals surface area contributed by atoms with Crippen LogP contribution in [-0.4, -0.2) is 6.61 Å². The molecule has 2 aliphatic rings. The number of hydrogen-bond donors (Lipinski definition) is 1. The van der Waals surface area contributed by atoms with E-state index < -0.39 is 0 Å². The van der Waals surface area contributed by atoms with Crippen molar-refractivity contribution in [1.82, 2.24) is 0 Å². The van der Waals surface area contributed by atoms with Crippen LogP contribution in [0.3, 0.4) is 0 Å². The lowest BCUT2D eigenvalue weighted by Gasteiger charge is -2.49. The van der Waals surface area contributed by atoms with Crippen molar-refractivity contribution in [3.63, 3.8) is 0 Å². The standard InChI is InChI=1S/C22H20BrNO/c1-22(2)17-9-7-13-5-3-4-6-15(13)20(17)24-21-16-11-14(23)8-10-19(16)25-12-18(21)22/h3-11,18,21,24H,12H2,1-2H3/t18-,21-/m1/s1. The molecule has 5 rings (SSSR count). The summed E-state index contributed by atoms with van der Waals surface area (Å²) in [4.78, 5) is 0. The van der Waals surface area contributed by atoms with E-state index in [1.54, 1.807) is 0 Å². The van der Waals surface area contributed by atoms with E-state index in [0.717, 1.165) is 16.8 Å². The molecule has 25 heavy (non-hydrogen) atoms. The fraction of sp³-hybridized carbons (Fsp3) is 0.273. The van der Waals surface area contributed by atoms with E-state index in [9.17, 15) is 0 Å². The molecule has 2 atom stereocenters. The molecule has 0 bridgehead atoms. The highest BCUT2D eigenvalue weighted by Crippen LogP contribution is 2.53. The molecule has 0 spiro atoms. The van der Waals surface area contributed by atoms with E-state index in [-0.39, 0.29) is 11.5 Å². The van der Waals surface area contributed by atoms with E-state index in [1.165, 1.54) is 27.6 Å². The highest BCUT2D eigenvalue weighted by Gasteiger charge is 2.46. The van der Waals surface area contributed by atoms with Crippen LogP contribution in [0.1, 0.15) is 31.0 Å². The van der Waals surface area contributed by atoms with Gasteiger partial charge in [0.15, 0.2) is 0 Å². The summed E-state index contributed by atoms with van der Waals surface area (Å²) >= 11 is 3.62. The Labute approximate surface area is 156 Å². The molecule has 3 aromatic carbocycles. The maximum atomic E-state index is 6.13. The molecule has 0 aromatic heterocycles. The first-order chi connectivity index (χ1) is 12.1. The summed E-state index contributed by atoms with van der Waals surface area (Å²) in [5.74, 6) is 1.39. The van der Waals surface area contributed by atoms with Crippen molar-refractivity contribution in [2.75, 3.05) is 11.9 Å². The fourth-order valence-corrected chi connectivity index (χ4v) is 4.89. The number of halogens is 1. The molecular formula is C22H20BrNO. The third-order valence-corrected chi connectivity index (χ3v) is 6.47. The van der Waals surface area contributed by atoms with Crippen LogP contribution in [-0.2, 0) is 5.41 Å². The molecule has 0 amide bonds. The summed E-state index contributed by atoms with van der Waals surface area (Å²) < 4.78 is 7.22. The number of hydrogen-bond acceptors (Lipinski definition) is 2. The second-order valence-electron chi connectivity index (χ2n) is 7.65. The summed E-state index contributed by atoms with van der Waals surface area (Å²) in [6.45, 7) is 5.45. The molecular weight excluding hydrogens is 374 g/mol. The zero-order valence-electron chi connectivity index (χ0n) is 14.3. The monoisotopic (exact) mass is 393 g/mol. The number of ether oxygens (including phenoxy) is 1. The van der Waals surface area contributed by atoms with E-state index in [0.29, 0.717) is 5.92 Å². The van der Waals surface area contributed by atoms with Gasteiger partial charge in [-0.25, -0.2) is 0 Å². The van der Waals surface area contributed by atoms with Crippen LogP contribution < -0.4 is 10.1 Å². The van der Waals surface area contributed by atoms with Crippen LogP contribution in [0.25, 0.3) is 10.8 Å². The molecule has 0 radical (unpaired) electrons. The Morgan fingerprint density at radius 3 is 2.80 bits per heavy atom. The summed E-state index contributed by atoms with van der Waals surface area (Å²) in [6, 6.07) is 19.7. The van der Waals surface area contributed by atoms with E-state index >= 15 is 0 Å². The number of fused-ring (bicyclic) bond motifs is 6. The SMILES string of the molecule is CC1(C)c2ccc3ccccc3c2N[C@@H]2c3cc(Br)ccc3OC[C@H]21. The lowest BCUT2D eigenvalue weighted by molar-refractivity contribution is 0.136. The molecule has 0 fully saturated rings. The zero-order chi connectivity index (χ0) is 17.2. The van der Waals surface area contributed by atoms with Crippen LogP contribution in [0.4, 0.5) is 5.69 Å². The predicted molar refractivity (Wildman–Crippen MR) is 106 cm³/mol. The summed E-state index contributed by atoms with van der Waals surface area (Å²) in [7, 11) is 0. The van der Waals surface area contributed by atoms with Crippen LogP contribution in [0.5, 0.6) is 5.75 Å². The smallest absolute Gasteiger partial charge is 0.124 e. The minimum atomic E-state index is 0.0370. The number of benzene rings is 3. The average molecular weight is 394 g/mol. The van der Waals surface area contributed by atoms with E-state index in [2.05, 4.69) is 89.7 Å². The molecule has 1 N–H and O–H groups in total. The Kier molecular flexibility index (Phi) is 3.21. The van der Waals surface area contributed by atoms with Gasteiger partial charge in [-0.1, -0.05) is 66.2 Å². The van der Waals surface area contributed by atoms with Gasteiger partial charge < -0.3 is 10.1 Å². The maximum absolute atomic E-state index is 6.13. The van der Waals surface area contributed by atoms with Gasteiger partial charge in [-0.15, -0.1) is 0 Å². The molecule has 0 saturated carbocycles. The molecule has 0 saturated heterocycles. The molecule has 2 nitrogen and oxygen atoms in total. The van der Waals surface area contributed by atoms with Gasteiger partial charge in [0.1, 0.15) is 5.75 Å². The Morgan fingerprint density at radius 2 is 1.92 bits per heavy atom. The van der Waals surface area contributed by atoms with Gasteiger partial charge in [0.05, 0.1) is 12.6 Å². The maximum Gasteiger partial charge on any atom is 0.124 e. The van der Waals surface area contributed by atoms with Crippen molar-refractivity contribution in [2.24, 2.45) is 5.92 Å². The van der Waals surface area contributed by atoms with Gasteiger partial charge >= 0.3 is 0 Å². The first-order valence-corrected chi connectivity index (χ1v) is 9.56. The molecule has 3 aromatic rings. The Bertz CT molecular complexity index is 994. The molecule has 0 aliphatic carbocycles. The minimum absolute atomic E-state index is 0.0370. The largest absolute Gasteiger partial charge is 0.493 e. The predicted octanol–water partition coefficient (Wildman–Crippen LogP) is 6.06. The van der Waals surface area contributed by atoms with Crippen LogP contribution in [0, 0.1) is 5.92 Å². The molecule has 2 heterocycles.